The van der Waals surface area contributed by atoms with Crippen LogP contribution >= 0.6 is 0 Å². The van der Waals surface area contributed by atoms with Crippen LogP contribution in [-0.4, -0.2) is 12.2 Å². The van der Waals surface area contributed by atoms with E-state index in [-0.39, 0.29) is 5.60 Å². The van der Waals surface area contributed by atoms with Crippen LogP contribution in [0.3, 0.4) is 0 Å². The van der Waals surface area contributed by atoms with Gasteiger partial charge < -0.3 is 4.74 Å². The lowest BCUT2D eigenvalue weighted by Gasteiger charge is -2.38. The minimum absolute atomic E-state index is 0.00472. The molecule has 0 saturated carbocycles. The van der Waals surface area contributed by atoms with Crippen LogP contribution in [0.25, 0.3) is 0 Å². The molecule has 0 atom stereocenters. The Labute approximate surface area is 103 Å². The Kier molecular flexibility index (Phi) is 5.52. The van der Waals surface area contributed by atoms with Gasteiger partial charge in [-0.3, -0.25) is 0 Å². The third kappa shape index (κ3) is 8.15. The van der Waals surface area contributed by atoms with Gasteiger partial charge in [-0.05, 0) is 43.9 Å². The Morgan fingerprint density at radius 2 is 1.31 bits per heavy atom. The van der Waals surface area contributed by atoms with Gasteiger partial charge in [-0.15, -0.1) is 0 Å². The van der Waals surface area contributed by atoms with Gasteiger partial charge in [-0.2, -0.15) is 0 Å². The first-order chi connectivity index (χ1) is 6.97. The Hall–Kier alpha value is -0.0400. The first-order valence-electron chi connectivity index (χ1n) is 6.61. The standard InChI is InChI=1S/C15H32O/c1-9-10-16-15(7,8)12-14(5,6)11-13(2,3)4/h9-12H2,1-8H3. The normalized spacial score (nSPS) is 14.2. The van der Waals surface area contributed by atoms with E-state index >= 15 is 0 Å². The molecule has 0 fully saturated rings. The smallest absolute Gasteiger partial charge is 0.0631 e. The van der Waals surface area contributed by atoms with Crippen LogP contribution in [0.15, 0.2) is 0 Å². The zero-order valence-electron chi connectivity index (χ0n) is 12.7. The van der Waals surface area contributed by atoms with Crippen LogP contribution in [0.1, 0.15) is 74.7 Å². The number of ether oxygens (including phenoxy) is 1. The van der Waals surface area contributed by atoms with E-state index in [0.29, 0.717) is 10.8 Å². The van der Waals surface area contributed by atoms with Crippen LogP contribution < -0.4 is 0 Å². The molecule has 0 heterocycles. The van der Waals surface area contributed by atoms with Crippen LogP contribution in [0.5, 0.6) is 0 Å². The lowest BCUT2D eigenvalue weighted by molar-refractivity contribution is -0.0511. The summed E-state index contributed by atoms with van der Waals surface area (Å²) in [6.45, 7) is 19.1. The molecule has 0 aliphatic heterocycles. The molecule has 0 aromatic rings. The van der Waals surface area contributed by atoms with Gasteiger partial charge in [0.2, 0.25) is 0 Å². The molecule has 0 amide bonds. The third-order valence-corrected chi connectivity index (χ3v) is 2.61. The number of rotatable bonds is 6. The molecule has 0 aromatic carbocycles. The third-order valence-electron chi connectivity index (χ3n) is 2.61. The largest absolute Gasteiger partial charge is 0.376 e. The summed E-state index contributed by atoms with van der Waals surface area (Å²) in [7, 11) is 0. The summed E-state index contributed by atoms with van der Waals surface area (Å²) < 4.78 is 5.93. The molecule has 0 rings (SSSR count). The maximum Gasteiger partial charge on any atom is 0.0631 e. The van der Waals surface area contributed by atoms with Gasteiger partial charge in [0.05, 0.1) is 5.60 Å². The second-order valence-electron chi connectivity index (χ2n) is 7.69. The van der Waals surface area contributed by atoms with Gasteiger partial charge >= 0.3 is 0 Å². The highest BCUT2D eigenvalue weighted by Crippen LogP contribution is 2.39. The van der Waals surface area contributed by atoms with E-state index in [1.54, 1.807) is 0 Å². The molecule has 1 heteroatoms. The fourth-order valence-electron chi connectivity index (χ4n) is 3.08. The second-order valence-corrected chi connectivity index (χ2v) is 7.69. The SMILES string of the molecule is CCCOC(C)(C)CC(C)(C)CC(C)(C)C. The summed E-state index contributed by atoms with van der Waals surface area (Å²) >= 11 is 0. The molecule has 0 unspecified atom stereocenters. The summed E-state index contributed by atoms with van der Waals surface area (Å²) in [6.07, 6.45) is 3.46. The highest BCUT2D eigenvalue weighted by molar-refractivity contribution is 4.83. The minimum atomic E-state index is 0.00472. The molecule has 0 N–H and O–H groups in total. The van der Waals surface area contributed by atoms with Gasteiger partial charge in [0.1, 0.15) is 0 Å². The van der Waals surface area contributed by atoms with Crippen LogP contribution in [0.2, 0.25) is 0 Å². The van der Waals surface area contributed by atoms with Gasteiger partial charge in [-0.1, -0.05) is 41.5 Å². The van der Waals surface area contributed by atoms with Crippen LogP contribution in [0, 0.1) is 10.8 Å². The highest BCUT2D eigenvalue weighted by atomic mass is 16.5. The predicted octanol–water partition coefficient (Wildman–Crippen LogP) is 5.04. The number of hydrogen-bond donors (Lipinski definition) is 0. The van der Waals surface area contributed by atoms with Crippen molar-refractivity contribution in [2.45, 2.75) is 80.3 Å². The van der Waals surface area contributed by atoms with Crippen molar-refractivity contribution < 1.29 is 4.74 Å². The van der Waals surface area contributed by atoms with Gasteiger partial charge in [0.15, 0.2) is 0 Å². The van der Waals surface area contributed by atoms with Gasteiger partial charge in [0.25, 0.3) is 0 Å². The van der Waals surface area contributed by atoms with E-state index < -0.39 is 0 Å². The van der Waals surface area contributed by atoms with Crippen molar-refractivity contribution in [3.63, 3.8) is 0 Å². The molecule has 0 aliphatic carbocycles. The van der Waals surface area contributed by atoms with Crippen LogP contribution in [-0.2, 0) is 4.74 Å². The van der Waals surface area contributed by atoms with Crippen molar-refractivity contribution in [3.05, 3.63) is 0 Å². The first kappa shape index (κ1) is 16.0. The highest BCUT2D eigenvalue weighted by Gasteiger charge is 2.32. The lowest BCUT2D eigenvalue weighted by Crippen LogP contribution is -2.34. The van der Waals surface area contributed by atoms with Crippen molar-refractivity contribution in [3.8, 4) is 0 Å². The molecule has 1 nitrogen and oxygen atoms in total. The summed E-state index contributed by atoms with van der Waals surface area (Å²) in [5, 5.41) is 0. The zero-order chi connectivity index (χ0) is 13.0. The Morgan fingerprint density at radius 1 is 0.812 bits per heavy atom. The second kappa shape index (κ2) is 5.53. The monoisotopic (exact) mass is 228 g/mol. The first-order valence-corrected chi connectivity index (χ1v) is 6.61. The molecule has 0 saturated heterocycles. The Bertz CT molecular complexity index is 196. The maximum absolute atomic E-state index is 5.93. The van der Waals surface area contributed by atoms with Crippen molar-refractivity contribution in [1.82, 2.24) is 0 Å². The molecular weight excluding hydrogens is 196 g/mol. The Morgan fingerprint density at radius 3 is 1.69 bits per heavy atom. The van der Waals surface area contributed by atoms with E-state index in [9.17, 15) is 0 Å². The topological polar surface area (TPSA) is 9.23 Å². The van der Waals surface area contributed by atoms with Crippen molar-refractivity contribution in [1.29, 1.82) is 0 Å². The van der Waals surface area contributed by atoms with Crippen molar-refractivity contribution in [2.75, 3.05) is 6.61 Å². The lowest BCUT2D eigenvalue weighted by atomic mass is 9.71. The number of hydrogen-bond acceptors (Lipinski definition) is 1. The predicted molar refractivity (Wildman–Crippen MR) is 72.8 cm³/mol. The fourth-order valence-corrected chi connectivity index (χ4v) is 3.08. The maximum atomic E-state index is 5.93. The van der Waals surface area contributed by atoms with Gasteiger partial charge in [-0.25, -0.2) is 0 Å². The average Bonchev–Trinajstić information content (AvgIpc) is 1.93. The summed E-state index contributed by atoms with van der Waals surface area (Å²) in [6, 6.07) is 0. The van der Waals surface area contributed by atoms with E-state index in [4.69, 9.17) is 4.74 Å². The quantitative estimate of drug-likeness (QED) is 0.618. The van der Waals surface area contributed by atoms with Crippen LogP contribution in [0.4, 0.5) is 0 Å². The molecule has 16 heavy (non-hydrogen) atoms. The summed E-state index contributed by atoms with van der Waals surface area (Å²) in [4.78, 5) is 0. The van der Waals surface area contributed by atoms with E-state index in [1.807, 2.05) is 0 Å². The molecule has 98 valence electrons. The van der Waals surface area contributed by atoms with Crippen molar-refractivity contribution in [2.24, 2.45) is 10.8 Å². The summed E-state index contributed by atoms with van der Waals surface area (Å²) in [5.74, 6) is 0. The van der Waals surface area contributed by atoms with Gasteiger partial charge in [0, 0.05) is 6.61 Å². The van der Waals surface area contributed by atoms with E-state index in [0.717, 1.165) is 19.4 Å². The zero-order valence-corrected chi connectivity index (χ0v) is 12.7. The Balaban J connectivity index is 4.33. The molecule has 0 bridgehead atoms. The fraction of sp³-hybridized carbons (Fsp3) is 1.00. The molecular formula is C15H32O. The van der Waals surface area contributed by atoms with E-state index in [2.05, 4.69) is 55.4 Å². The molecule has 0 radical (unpaired) electrons. The van der Waals surface area contributed by atoms with E-state index in [1.165, 1.54) is 6.42 Å². The average molecular weight is 228 g/mol. The minimum Gasteiger partial charge on any atom is -0.376 e. The summed E-state index contributed by atoms with van der Waals surface area (Å²) in [5.41, 5.74) is 0.741. The van der Waals surface area contributed by atoms with Crippen molar-refractivity contribution >= 4 is 0 Å². The molecule has 0 aromatic heterocycles. The molecule has 0 aliphatic rings. The molecule has 0 spiro atoms.